The summed E-state index contributed by atoms with van der Waals surface area (Å²) in [5.41, 5.74) is 6.12. The molecule has 0 aliphatic carbocycles. The normalized spacial score (nSPS) is 10.4. The van der Waals surface area contributed by atoms with Crippen LogP contribution >= 0.6 is 0 Å². The Bertz CT molecular complexity index is 683. The Labute approximate surface area is 97.4 Å². The summed E-state index contributed by atoms with van der Waals surface area (Å²) in [7, 11) is 0. The van der Waals surface area contributed by atoms with Crippen LogP contribution in [-0.4, -0.2) is 5.78 Å². The Morgan fingerprint density at radius 3 is 2.71 bits per heavy atom. The van der Waals surface area contributed by atoms with Crippen LogP contribution in [0.4, 0.5) is 5.69 Å². The van der Waals surface area contributed by atoms with Crippen molar-refractivity contribution < 1.29 is 9.21 Å². The van der Waals surface area contributed by atoms with Crippen molar-refractivity contribution in [2.75, 3.05) is 5.73 Å². The number of allylic oxidation sites excluding steroid dienone is 1. The molecule has 2 N–H and O–H groups in total. The van der Waals surface area contributed by atoms with Gasteiger partial charge in [0.05, 0.1) is 0 Å². The smallest absolute Gasteiger partial charge is 0.359 e. The average Bonchev–Trinajstić information content (AvgIpc) is 2.29. The molecule has 86 valence electrons. The molecule has 0 aliphatic heterocycles. The number of nitrogen functional groups attached to an aromatic ring is 1. The standard InChI is InChI=1S/C13H11NO3/c1-7(2)12(15)9-4-3-8-5-10(14)13(16)17-11(8)6-9/h3-6H,1,14H2,2H3. The maximum Gasteiger partial charge on any atom is 0.359 e. The van der Waals surface area contributed by atoms with Gasteiger partial charge in [-0.2, -0.15) is 0 Å². The first-order valence-electron chi connectivity index (χ1n) is 5.02. The molecule has 0 amide bonds. The lowest BCUT2D eigenvalue weighted by Crippen LogP contribution is -2.06. The van der Waals surface area contributed by atoms with Gasteiger partial charge in [-0.1, -0.05) is 18.7 Å². The second-order valence-electron chi connectivity index (χ2n) is 3.85. The topological polar surface area (TPSA) is 73.3 Å². The lowest BCUT2D eigenvalue weighted by atomic mass is 10.0. The van der Waals surface area contributed by atoms with Crippen molar-refractivity contribution in [3.05, 3.63) is 52.4 Å². The van der Waals surface area contributed by atoms with Crippen LogP contribution in [0.5, 0.6) is 0 Å². The Balaban J connectivity index is 2.66. The van der Waals surface area contributed by atoms with E-state index in [9.17, 15) is 9.59 Å². The summed E-state index contributed by atoms with van der Waals surface area (Å²) in [6.45, 7) is 5.21. The average molecular weight is 229 g/mol. The number of benzene rings is 1. The van der Waals surface area contributed by atoms with Gasteiger partial charge in [0.1, 0.15) is 11.3 Å². The van der Waals surface area contributed by atoms with E-state index in [1.54, 1.807) is 19.1 Å². The first-order chi connectivity index (χ1) is 7.99. The zero-order valence-electron chi connectivity index (χ0n) is 9.32. The highest BCUT2D eigenvalue weighted by Gasteiger charge is 2.09. The highest BCUT2D eigenvalue weighted by molar-refractivity contribution is 6.09. The summed E-state index contributed by atoms with van der Waals surface area (Å²) in [4.78, 5) is 22.9. The van der Waals surface area contributed by atoms with Crippen molar-refractivity contribution in [3.63, 3.8) is 0 Å². The predicted octanol–water partition coefficient (Wildman–Crippen LogP) is 2.13. The minimum Gasteiger partial charge on any atom is -0.421 e. The molecule has 0 radical (unpaired) electrons. The van der Waals surface area contributed by atoms with Gasteiger partial charge in [0.25, 0.3) is 0 Å². The number of Topliss-reactive ketones (excluding diaryl/α,β-unsaturated/α-hetero) is 1. The number of fused-ring (bicyclic) bond motifs is 1. The predicted molar refractivity (Wildman–Crippen MR) is 66.0 cm³/mol. The van der Waals surface area contributed by atoms with Crippen molar-refractivity contribution in [2.24, 2.45) is 0 Å². The highest BCUT2D eigenvalue weighted by atomic mass is 16.4. The number of carbonyl (C=O) groups excluding carboxylic acids is 1. The summed E-state index contributed by atoms with van der Waals surface area (Å²) in [6.07, 6.45) is 0. The van der Waals surface area contributed by atoms with Crippen LogP contribution in [-0.2, 0) is 0 Å². The molecule has 0 saturated carbocycles. The lowest BCUT2D eigenvalue weighted by Gasteiger charge is -2.02. The first kappa shape index (κ1) is 11.1. The Hall–Kier alpha value is -2.36. The molecule has 0 bridgehead atoms. The molecule has 0 saturated heterocycles. The Morgan fingerprint density at radius 1 is 1.35 bits per heavy atom. The second kappa shape index (κ2) is 3.90. The zero-order valence-corrected chi connectivity index (χ0v) is 9.32. The van der Waals surface area contributed by atoms with Gasteiger partial charge in [-0.05, 0) is 24.6 Å². The molecule has 4 heteroatoms. The molecule has 17 heavy (non-hydrogen) atoms. The third-order valence-corrected chi connectivity index (χ3v) is 2.41. The lowest BCUT2D eigenvalue weighted by molar-refractivity contribution is 0.103. The van der Waals surface area contributed by atoms with Crippen LogP contribution in [0.25, 0.3) is 11.0 Å². The third kappa shape index (κ3) is 1.97. The number of rotatable bonds is 2. The largest absolute Gasteiger partial charge is 0.421 e. The molecule has 1 aromatic heterocycles. The number of anilines is 1. The highest BCUT2D eigenvalue weighted by Crippen LogP contribution is 2.18. The summed E-state index contributed by atoms with van der Waals surface area (Å²) >= 11 is 0. The molecule has 2 rings (SSSR count). The molecular formula is C13H11NO3. The maximum absolute atomic E-state index is 11.7. The van der Waals surface area contributed by atoms with Crippen molar-refractivity contribution >= 4 is 22.4 Å². The number of ketones is 1. The fourth-order valence-electron chi connectivity index (χ4n) is 1.51. The van der Waals surface area contributed by atoms with E-state index in [4.69, 9.17) is 10.2 Å². The van der Waals surface area contributed by atoms with E-state index in [1.165, 1.54) is 12.1 Å². The van der Waals surface area contributed by atoms with E-state index in [0.29, 0.717) is 22.1 Å². The molecular weight excluding hydrogens is 218 g/mol. The van der Waals surface area contributed by atoms with Crippen LogP contribution in [0, 0.1) is 0 Å². The minimum atomic E-state index is -0.600. The molecule has 1 aromatic carbocycles. The molecule has 4 nitrogen and oxygen atoms in total. The maximum atomic E-state index is 11.7. The van der Waals surface area contributed by atoms with Crippen LogP contribution in [0.15, 0.2) is 45.6 Å². The van der Waals surface area contributed by atoms with Gasteiger partial charge in [0, 0.05) is 10.9 Å². The second-order valence-corrected chi connectivity index (χ2v) is 3.85. The number of nitrogens with two attached hydrogens (primary N) is 1. The van der Waals surface area contributed by atoms with Gasteiger partial charge >= 0.3 is 5.63 Å². The van der Waals surface area contributed by atoms with Crippen LogP contribution in [0.1, 0.15) is 17.3 Å². The van der Waals surface area contributed by atoms with Gasteiger partial charge in [-0.25, -0.2) is 4.79 Å². The van der Waals surface area contributed by atoms with E-state index in [2.05, 4.69) is 6.58 Å². The number of hydrogen-bond acceptors (Lipinski definition) is 4. The van der Waals surface area contributed by atoms with Gasteiger partial charge in [0.2, 0.25) is 0 Å². The third-order valence-electron chi connectivity index (χ3n) is 2.41. The Morgan fingerprint density at radius 2 is 2.06 bits per heavy atom. The first-order valence-corrected chi connectivity index (χ1v) is 5.02. The minimum absolute atomic E-state index is 0.0523. The van der Waals surface area contributed by atoms with Gasteiger partial charge in [0.15, 0.2) is 5.78 Å². The van der Waals surface area contributed by atoms with Crippen LogP contribution in [0.3, 0.4) is 0 Å². The molecule has 0 unspecified atom stereocenters. The van der Waals surface area contributed by atoms with Crippen molar-refractivity contribution in [2.45, 2.75) is 6.92 Å². The van der Waals surface area contributed by atoms with E-state index in [0.717, 1.165) is 0 Å². The van der Waals surface area contributed by atoms with Gasteiger partial charge in [-0.15, -0.1) is 0 Å². The summed E-state index contributed by atoms with van der Waals surface area (Å²) in [5.74, 6) is -0.175. The molecule has 1 heterocycles. The monoisotopic (exact) mass is 229 g/mol. The molecule has 2 aromatic rings. The fraction of sp³-hybridized carbons (Fsp3) is 0.0769. The van der Waals surface area contributed by atoms with E-state index in [1.807, 2.05) is 0 Å². The number of carbonyl (C=O) groups is 1. The van der Waals surface area contributed by atoms with Gasteiger partial charge in [-0.3, -0.25) is 4.79 Å². The fourth-order valence-corrected chi connectivity index (χ4v) is 1.51. The summed E-state index contributed by atoms with van der Waals surface area (Å²) in [6, 6.07) is 6.38. The van der Waals surface area contributed by atoms with Crippen molar-refractivity contribution in [3.8, 4) is 0 Å². The molecule has 0 spiro atoms. The molecule has 0 aliphatic rings. The SMILES string of the molecule is C=C(C)C(=O)c1ccc2cc(N)c(=O)oc2c1. The van der Waals surface area contributed by atoms with E-state index in [-0.39, 0.29) is 11.5 Å². The van der Waals surface area contributed by atoms with Crippen molar-refractivity contribution in [1.29, 1.82) is 0 Å². The quantitative estimate of drug-likeness (QED) is 0.486. The van der Waals surface area contributed by atoms with Crippen molar-refractivity contribution in [1.82, 2.24) is 0 Å². The summed E-state index contributed by atoms with van der Waals surface area (Å²) in [5, 5.41) is 0.681. The molecule has 0 atom stereocenters. The molecule has 0 fully saturated rings. The van der Waals surface area contributed by atoms with Crippen LogP contribution < -0.4 is 11.4 Å². The Kier molecular flexibility index (Phi) is 2.55. The van der Waals surface area contributed by atoms with Crippen LogP contribution in [0.2, 0.25) is 0 Å². The van der Waals surface area contributed by atoms with Gasteiger partial charge < -0.3 is 10.2 Å². The van der Waals surface area contributed by atoms with E-state index < -0.39 is 5.63 Å². The van der Waals surface area contributed by atoms with E-state index >= 15 is 0 Å². The number of hydrogen-bond donors (Lipinski definition) is 1. The zero-order chi connectivity index (χ0) is 12.6. The summed E-state index contributed by atoms with van der Waals surface area (Å²) < 4.78 is 5.00.